The lowest BCUT2D eigenvalue weighted by Gasteiger charge is -2.39. The molecule has 2 atom stereocenters. The number of carboxylic acids is 1. The largest absolute Gasteiger partial charge is 0.481 e. The smallest absolute Gasteiger partial charge is 0.308 e. The second-order valence-corrected chi connectivity index (χ2v) is 7.18. The summed E-state index contributed by atoms with van der Waals surface area (Å²) in [6.07, 6.45) is 3.68. The lowest BCUT2D eigenvalue weighted by molar-refractivity contribution is -0.146. The molecule has 0 aromatic heterocycles. The van der Waals surface area contributed by atoms with E-state index in [-0.39, 0.29) is 5.91 Å². The van der Waals surface area contributed by atoms with Crippen LogP contribution in [-0.4, -0.2) is 28.3 Å². The van der Waals surface area contributed by atoms with Crippen LogP contribution in [0.25, 0.3) is 0 Å². The molecule has 2 rings (SSSR count). The Morgan fingerprint density at radius 3 is 2.73 bits per heavy atom. The van der Waals surface area contributed by atoms with Gasteiger partial charge in [0.1, 0.15) is 0 Å². The van der Waals surface area contributed by atoms with Crippen molar-refractivity contribution in [3.05, 3.63) is 30.3 Å². The molecule has 4 nitrogen and oxygen atoms in total. The molecule has 2 unspecified atom stereocenters. The predicted molar refractivity (Wildman–Crippen MR) is 87.9 cm³/mol. The number of carbonyl (C=O) groups is 2. The molecule has 1 aromatic rings. The van der Waals surface area contributed by atoms with E-state index >= 15 is 0 Å². The topological polar surface area (TPSA) is 66.4 Å². The summed E-state index contributed by atoms with van der Waals surface area (Å²) in [5.41, 5.74) is -0.613. The Morgan fingerprint density at radius 1 is 1.32 bits per heavy atom. The first kappa shape index (κ1) is 16.9. The van der Waals surface area contributed by atoms with E-state index in [9.17, 15) is 14.7 Å². The van der Waals surface area contributed by atoms with Crippen LogP contribution in [0.5, 0.6) is 0 Å². The fraction of sp³-hybridized carbons (Fsp3) is 0.529. The molecular weight excluding hydrogens is 298 g/mol. The Kier molecular flexibility index (Phi) is 5.89. The van der Waals surface area contributed by atoms with Crippen molar-refractivity contribution >= 4 is 23.6 Å². The average Bonchev–Trinajstić information content (AvgIpc) is 2.48. The number of nitrogens with one attached hydrogen (secondary N) is 1. The summed E-state index contributed by atoms with van der Waals surface area (Å²) < 4.78 is 0. The van der Waals surface area contributed by atoms with Gasteiger partial charge in [-0.2, -0.15) is 0 Å². The van der Waals surface area contributed by atoms with Crippen LogP contribution < -0.4 is 5.32 Å². The van der Waals surface area contributed by atoms with Gasteiger partial charge in [0.05, 0.1) is 11.5 Å². The summed E-state index contributed by atoms with van der Waals surface area (Å²) >= 11 is 1.64. The standard InChI is InChI=1S/C17H23NO3S/c1-17(11-6-5-9-14(17)16(20)21)18-15(19)10-12-22-13-7-3-2-4-8-13/h2-4,7-8,14H,5-6,9-12H2,1H3,(H,18,19)(H,20,21). The van der Waals surface area contributed by atoms with Crippen molar-refractivity contribution in [2.75, 3.05) is 5.75 Å². The normalized spacial score (nSPS) is 24.7. The van der Waals surface area contributed by atoms with Gasteiger partial charge in [-0.25, -0.2) is 0 Å². The second-order valence-electron chi connectivity index (χ2n) is 6.01. The highest BCUT2D eigenvalue weighted by atomic mass is 32.2. The zero-order valence-electron chi connectivity index (χ0n) is 12.9. The molecule has 0 heterocycles. The van der Waals surface area contributed by atoms with Crippen LogP contribution in [0, 0.1) is 5.92 Å². The van der Waals surface area contributed by atoms with Gasteiger partial charge in [-0.1, -0.05) is 31.0 Å². The highest BCUT2D eigenvalue weighted by Gasteiger charge is 2.41. The minimum atomic E-state index is -0.804. The lowest BCUT2D eigenvalue weighted by Crippen LogP contribution is -2.55. The maximum atomic E-state index is 12.2. The van der Waals surface area contributed by atoms with Gasteiger partial charge in [-0.05, 0) is 31.9 Å². The summed E-state index contributed by atoms with van der Waals surface area (Å²) in [6.45, 7) is 1.87. The van der Waals surface area contributed by atoms with Crippen molar-refractivity contribution in [1.82, 2.24) is 5.32 Å². The van der Waals surface area contributed by atoms with Gasteiger partial charge in [0, 0.05) is 17.1 Å². The molecule has 1 amide bonds. The molecule has 0 saturated heterocycles. The third kappa shape index (κ3) is 4.50. The molecule has 0 radical (unpaired) electrons. The minimum Gasteiger partial charge on any atom is -0.481 e. The van der Waals surface area contributed by atoms with E-state index in [2.05, 4.69) is 5.32 Å². The van der Waals surface area contributed by atoms with Crippen molar-refractivity contribution in [1.29, 1.82) is 0 Å². The van der Waals surface area contributed by atoms with Crippen LogP contribution in [0.2, 0.25) is 0 Å². The van der Waals surface area contributed by atoms with Crippen molar-refractivity contribution in [3.8, 4) is 0 Å². The van der Waals surface area contributed by atoms with E-state index < -0.39 is 17.4 Å². The molecule has 1 aromatic carbocycles. The van der Waals surface area contributed by atoms with Gasteiger partial charge in [0.15, 0.2) is 0 Å². The molecule has 5 heteroatoms. The minimum absolute atomic E-state index is 0.0564. The molecule has 1 fully saturated rings. The summed E-state index contributed by atoms with van der Waals surface area (Å²) in [7, 11) is 0. The number of benzene rings is 1. The Hall–Kier alpha value is -1.49. The zero-order chi connectivity index (χ0) is 16.0. The monoisotopic (exact) mass is 321 g/mol. The van der Waals surface area contributed by atoms with Gasteiger partial charge < -0.3 is 10.4 Å². The second kappa shape index (κ2) is 7.68. The predicted octanol–water partition coefficient (Wildman–Crippen LogP) is 3.32. The molecule has 1 saturated carbocycles. The fourth-order valence-corrected chi connectivity index (χ4v) is 3.91. The Bertz CT molecular complexity index is 520. The highest BCUT2D eigenvalue weighted by molar-refractivity contribution is 7.99. The first-order chi connectivity index (χ1) is 10.5. The van der Waals surface area contributed by atoms with Crippen LogP contribution >= 0.6 is 11.8 Å². The van der Waals surface area contributed by atoms with E-state index in [1.807, 2.05) is 37.3 Å². The Morgan fingerprint density at radius 2 is 2.05 bits per heavy atom. The van der Waals surface area contributed by atoms with Crippen molar-refractivity contribution in [2.24, 2.45) is 5.92 Å². The number of carbonyl (C=O) groups excluding carboxylic acids is 1. The summed E-state index contributed by atoms with van der Waals surface area (Å²) in [6, 6.07) is 9.95. The molecule has 1 aliphatic carbocycles. The van der Waals surface area contributed by atoms with E-state index in [0.29, 0.717) is 18.6 Å². The lowest BCUT2D eigenvalue weighted by atomic mass is 9.74. The number of amides is 1. The van der Waals surface area contributed by atoms with Gasteiger partial charge in [-0.3, -0.25) is 9.59 Å². The number of rotatable bonds is 6. The molecule has 0 aliphatic heterocycles. The quantitative estimate of drug-likeness (QED) is 0.789. The Labute approximate surface area is 135 Å². The van der Waals surface area contributed by atoms with E-state index in [1.165, 1.54) is 0 Å². The first-order valence-corrected chi connectivity index (χ1v) is 8.71. The third-order valence-electron chi connectivity index (χ3n) is 4.27. The van der Waals surface area contributed by atoms with Gasteiger partial charge in [-0.15, -0.1) is 11.8 Å². The molecule has 0 spiro atoms. The van der Waals surface area contributed by atoms with Crippen LogP contribution in [0.3, 0.4) is 0 Å². The van der Waals surface area contributed by atoms with Gasteiger partial charge >= 0.3 is 5.97 Å². The van der Waals surface area contributed by atoms with Crippen LogP contribution in [-0.2, 0) is 9.59 Å². The number of carboxylic acid groups (broad SMARTS) is 1. The molecule has 0 bridgehead atoms. The van der Waals surface area contributed by atoms with Crippen molar-refractivity contribution in [3.63, 3.8) is 0 Å². The Balaban J connectivity index is 1.83. The summed E-state index contributed by atoms with van der Waals surface area (Å²) in [4.78, 5) is 24.7. The molecule has 22 heavy (non-hydrogen) atoms. The van der Waals surface area contributed by atoms with Gasteiger partial charge in [0.2, 0.25) is 5.91 Å². The molecule has 2 N–H and O–H groups in total. The van der Waals surface area contributed by atoms with E-state index in [1.54, 1.807) is 11.8 Å². The maximum Gasteiger partial charge on any atom is 0.308 e. The summed E-state index contributed by atoms with van der Waals surface area (Å²) in [5, 5.41) is 12.3. The van der Waals surface area contributed by atoms with Gasteiger partial charge in [0.25, 0.3) is 0 Å². The number of aliphatic carboxylic acids is 1. The molecule has 1 aliphatic rings. The summed E-state index contributed by atoms with van der Waals surface area (Å²) in [5.74, 6) is -0.642. The molecular formula is C17H23NO3S. The number of thioether (sulfide) groups is 1. The third-order valence-corrected chi connectivity index (χ3v) is 5.29. The zero-order valence-corrected chi connectivity index (χ0v) is 13.7. The van der Waals surface area contributed by atoms with Crippen molar-refractivity contribution in [2.45, 2.75) is 49.5 Å². The van der Waals surface area contributed by atoms with Crippen LogP contribution in [0.1, 0.15) is 39.0 Å². The molecule has 120 valence electrons. The SMILES string of the molecule is CC1(NC(=O)CCSc2ccccc2)CCCCC1C(=O)O. The van der Waals surface area contributed by atoms with E-state index in [4.69, 9.17) is 0 Å². The number of hydrogen-bond donors (Lipinski definition) is 2. The van der Waals surface area contributed by atoms with Crippen molar-refractivity contribution < 1.29 is 14.7 Å². The van der Waals surface area contributed by atoms with E-state index in [0.717, 1.165) is 24.2 Å². The highest BCUT2D eigenvalue weighted by Crippen LogP contribution is 2.34. The first-order valence-electron chi connectivity index (χ1n) is 7.73. The number of hydrogen-bond acceptors (Lipinski definition) is 3. The fourth-order valence-electron chi connectivity index (χ4n) is 3.04. The maximum absolute atomic E-state index is 12.2. The van der Waals surface area contributed by atoms with Crippen LogP contribution in [0.4, 0.5) is 0 Å². The average molecular weight is 321 g/mol. The van der Waals surface area contributed by atoms with Crippen LogP contribution in [0.15, 0.2) is 35.2 Å².